The van der Waals surface area contributed by atoms with Crippen LogP contribution in [0.2, 0.25) is 0 Å². The molecule has 3 heterocycles. The first kappa shape index (κ1) is 14.7. The predicted molar refractivity (Wildman–Crippen MR) is 89.6 cm³/mol. The Morgan fingerprint density at radius 2 is 2.09 bits per heavy atom. The molecule has 2 aliphatic rings. The summed E-state index contributed by atoms with van der Waals surface area (Å²) < 4.78 is 5.45. The normalized spacial score (nSPS) is 22.8. The number of carbonyl (C=O) groups excluding carboxylic acids is 1. The van der Waals surface area contributed by atoms with Crippen molar-refractivity contribution in [1.82, 2.24) is 14.8 Å². The van der Waals surface area contributed by atoms with Gasteiger partial charge < -0.3 is 14.6 Å². The summed E-state index contributed by atoms with van der Waals surface area (Å²) in [7, 11) is 0. The van der Waals surface area contributed by atoms with Crippen LogP contribution in [-0.2, 0) is 4.74 Å². The highest BCUT2D eigenvalue weighted by Gasteiger charge is 2.25. The van der Waals surface area contributed by atoms with Crippen molar-refractivity contribution in [3.63, 3.8) is 0 Å². The third kappa shape index (κ3) is 3.12. The second kappa shape index (κ2) is 6.34. The van der Waals surface area contributed by atoms with E-state index in [-0.39, 0.29) is 5.91 Å². The molecule has 0 spiro atoms. The number of H-pyrrole nitrogens is 1. The number of aromatic amines is 1. The first-order valence-corrected chi connectivity index (χ1v) is 8.46. The largest absolute Gasteiger partial charge is 0.381 e. The Hall–Kier alpha value is -1.85. The van der Waals surface area contributed by atoms with Crippen LogP contribution in [0.4, 0.5) is 0 Å². The van der Waals surface area contributed by atoms with Crippen LogP contribution in [0.3, 0.4) is 0 Å². The van der Waals surface area contributed by atoms with Crippen LogP contribution in [0.25, 0.3) is 10.9 Å². The van der Waals surface area contributed by atoms with E-state index in [0.717, 1.165) is 62.4 Å². The zero-order valence-corrected chi connectivity index (χ0v) is 13.3. The SMILES string of the molecule is O=C(c1ccc2[nH]ccc2c1)N1CCN(CC2CCOC2)CC1. The highest BCUT2D eigenvalue weighted by atomic mass is 16.5. The fourth-order valence-electron chi connectivity index (χ4n) is 3.59. The van der Waals surface area contributed by atoms with Crippen molar-refractivity contribution in [1.29, 1.82) is 0 Å². The van der Waals surface area contributed by atoms with Gasteiger partial charge in [0.25, 0.3) is 5.91 Å². The van der Waals surface area contributed by atoms with Gasteiger partial charge >= 0.3 is 0 Å². The molecule has 1 N–H and O–H groups in total. The van der Waals surface area contributed by atoms with Crippen molar-refractivity contribution < 1.29 is 9.53 Å². The maximum atomic E-state index is 12.7. The van der Waals surface area contributed by atoms with E-state index < -0.39 is 0 Å². The minimum atomic E-state index is 0.150. The van der Waals surface area contributed by atoms with Crippen LogP contribution in [-0.4, -0.2) is 66.6 Å². The number of hydrogen-bond donors (Lipinski definition) is 1. The Bertz CT molecular complexity index is 682. The van der Waals surface area contributed by atoms with Crippen molar-refractivity contribution >= 4 is 16.8 Å². The monoisotopic (exact) mass is 313 g/mol. The zero-order valence-electron chi connectivity index (χ0n) is 13.3. The van der Waals surface area contributed by atoms with Gasteiger partial charge in [-0.05, 0) is 36.6 Å². The highest BCUT2D eigenvalue weighted by molar-refractivity contribution is 5.98. The van der Waals surface area contributed by atoms with Gasteiger partial charge in [0.2, 0.25) is 0 Å². The van der Waals surface area contributed by atoms with Crippen LogP contribution in [0, 0.1) is 5.92 Å². The summed E-state index contributed by atoms with van der Waals surface area (Å²) in [6.07, 6.45) is 3.08. The van der Waals surface area contributed by atoms with Crippen LogP contribution >= 0.6 is 0 Å². The van der Waals surface area contributed by atoms with E-state index in [4.69, 9.17) is 4.74 Å². The van der Waals surface area contributed by atoms with Crippen molar-refractivity contribution in [3.05, 3.63) is 36.0 Å². The molecule has 0 radical (unpaired) electrons. The van der Waals surface area contributed by atoms with Gasteiger partial charge in [0.15, 0.2) is 0 Å². The molecule has 122 valence electrons. The lowest BCUT2D eigenvalue weighted by atomic mass is 10.1. The molecule has 2 aliphatic heterocycles. The summed E-state index contributed by atoms with van der Waals surface area (Å²) in [6.45, 7) is 6.48. The smallest absolute Gasteiger partial charge is 0.253 e. The average Bonchev–Trinajstić information content (AvgIpc) is 3.25. The van der Waals surface area contributed by atoms with E-state index in [1.54, 1.807) is 0 Å². The fourth-order valence-corrected chi connectivity index (χ4v) is 3.59. The number of fused-ring (bicyclic) bond motifs is 1. The maximum Gasteiger partial charge on any atom is 0.253 e. The van der Waals surface area contributed by atoms with Gasteiger partial charge in [0, 0.05) is 62.0 Å². The lowest BCUT2D eigenvalue weighted by Crippen LogP contribution is -2.49. The van der Waals surface area contributed by atoms with Gasteiger partial charge in [-0.15, -0.1) is 0 Å². The second-order valence-corrected chi connectivity index (χ2v) is 6.60. The Balaban J connectivity index is 1.36. The molecule has 1 aromatic heterocycles. The molecule has 1 atom stereocenters. The summed E-state index contributed by atoms with van der Waals surface area (Å²) in [5.41, 5.74) is 1.86. The number of benzene rings is 1. The molecule has 0 saturated carbocycles. The van der Waals surface area contributed by atoms with Gasteiger partial charge in [-0.1, -0.05) is 0 Å². The number of nitrogens with zero attached hydrogens (tertiary/aromatic N) is 2. The third-order valence-electron chi connectivity index (χ3n) is 5.00. The van der Waals surface area contributed by atoms with Crippen molar-refractivity contribution in [3.8, 4) is 0 Å². The standard InChI is InChI=1S/C18H23N3O2/c22-18(16-1-2-17-15(11-16)3-5-19-17)21-8-6-20(7-9-21)12-14-4-10-23-13-14/h1-3,5,11,14,19H,4,6-10,12-13H2. The lowest BCUT2D eigenvalue weighted by Gasteiger charge is -2.35. The number of nitrogens with one attached hydrogen (secondary N) is 1. The Morgan fingerprint density at radius 1 is 1.22 bits per heavy atom. The number of piperazine rings is 1. The van der Waals surface area contributed by atoms with E-state index in [1.165, 1.54) is 6.42 Å². The molecule has 0 aliphatic carbocycles. The van der Waals surface area contributed by atoms with Gasteiger partial charge in [-0.2, -0.15) is 0 Å². The first-order chi connectivity index (χ1) is 11.3. The van der Waals surface area contributed by atoms with Crippen LogP contribution < -0.4 is 0 Å². The number of amides is 1. The molecule has 2 saturated heterocycles. The Morgan fingerprint density at radius 3 is 2.87 bits per heavy atom. The first-order valence-electron chi connectivity index (χ1n) is 8.46. The molecule has 2 aromatic rings. The number of hydrogen-bond acceptors (Lipinski definition) is 3. The molecule has 5 nitrogen and oxygen atoms in total. The number of rotatable bonds is 3. The van der Waals surface area contributed by atoms with E-state index in [0.29, 0.717) is 5.92 Å². The second-order valence-electron chi connectivity index (χ2n) is 6.60. The van der Waals surface area contributed by atoms with Crippen LogP contribution in [0.1, 0.15) is 16.8 Å². The van der Waals surface area contributed by atoms with Gasteiger partial charge in [-0.3, -0.25) is 9.69 Å². The maximum absolute atomic E-state index is 12.7. The summed E-state index contributed by atoms with van der Waals surface area (Å²) in [6, 6.07) is 7.90. The quantitative estimate of drug-likeness (QED) is 0.942. The molecule has 0 bridgehead atoms. The summed E-state index contributed by atoms with van der Waals surface area (Å²) >= 11 is 0. The van der Waals surface area contributed by atoms with E-state index in [2.05, 4.69) is 9.88 Å². The van der Waals surface area contributed by atoms with Gasteiger partial charge in [0.05, 0.1) is 6.61 Å². The molecule has 23 heavy (non-hydrogen) atoms. The fraction of sp³-hybridized carbons (Fsp3) is 0.500. The molecule has 1 aromatic carbocycles. The topological polar surface area (TPSA) is 48.6 Å². The Labute approximate surface area is 136 Å². The number of ether oxygens (including phenoxy) is 1. The molecule has 2 fully saturated rings. The predicted octanol–water partition coefficient (Wildman–Crippen LogP) is 1.96. The van der Waals surface area contributed by atoms with Crippen LogP contribution in [0.5, 0.6) is 0 Å². The summed E-state index contributed by atoms with van der Waals surface area (Å²) in [5.74, 6) is 0.824. The minimum absolute atomic E-state index is 0.150. The van der Waals surface area contributed by atoms with Gasteiger partial charge in [-0.25, -0.2) is 0 Å². The third-order valence-corrected chi connectivity index (χ3v) is 5.00. The van der Waals surface area contributed by atoms with Crippen molar-refractivity contribution in [2.75, 3.05) is 45.9 Å². The van der Waals surface area contributed by atoms with E-state index in [9.17, 15) is 4.79 Å². The molecule has 1 unspecified atom stereocenters. The van der Waals surface area contributed by atoms with Crippen LogP contribution in [0.15, 0.2) is 30.5 Å². The van der Waals surface area contributed by atoms with Gasteiger partial charge in [0.1, 0.15) is 0 Å². The zero-order chi connectivity index (χ0) is 15.6. The van der Waals surface area contributed by atoms with E-state index in [1.807, 2.05) is 35.4 Å². The minimum Gasteiger partial charge on any atom is -0.381 e. The lowest BCUT2D eigenvalue weighted by molar-refractivity contribution is 0.0611. The molecule has 1 amide bonds. The van der Waals surface area contributed by atoms with E-state index >= 15 is 0 Å². The Kier molecular flexibility index (Phi) is 4.06. The molecular weight excluding hydrogens is 290 g/mol. The summed E-state index contributed by atoms with van der Waals surface area (Å²) in [5, 5.41) is 1.09. The molecular formula is C18H23N3O2. The number of aromatic nitrogens is 1. The van der Waals surface area contributed by atoms with Crippen molar-refractivity contribution in [2.24, 2.45) is 5.92 Å². The number of carbonyl (C=O) groups is 1. The average molecular weight is 313 g/mol. The molecule has 5 heteroatoms. The molecule has 4 rings (SSSR count). The van der Waals surface area contributed by atoms with Crippen molar-refractivity contribution in [2.45, 2.75) is 6.42 Å². The summed E-state index contributed by atoms with van der Waals surface area (Å²) in [4.78, 5) is 20.3. The highest BCUT2D eigenvalue weighted by Crippen LogP contribution is 2.18.